The van der Waals surface area contributed by atoms with Crippen molar-refractivity contribution in [3.8, 4) is 0 Å². The first-order valence-electron chi connectivity index (χ1n) is 8.20. The maximum absolute atomic E-state index is 12.1. The number of carbonyl (C=O) groups excluding carboxylic acids is 1. The molecule has 1 saturated heterocycles. The number of amides is 1. The largest absolute Gasteiger partial charge is 0.491 e. The fourth-order valence-electron chi connectivity index (χ4n) is 2.46. The van der Waals surface area contributed by atoms with E-state index in [1.165, 1.54) is 0 Å². The van der Waals surface area contributed by atoms with Crippen molar-refractivity contribution < 1.29 is 19.6 Å². The summed E-state index contributed by atoms with van der Waals surface area (Å²) in [5.74, 6) is 0.0571. The lowest BCUT2D eigenvalue weighted by atomic mass is 9.76. The minimum Gasteiger partial charge on any atom is -0.423 e. The SMILES string of the molecule is CC(C)(O)C(C)(C)OB(O)c1cc(Cl)cc(N2CCCCC2=O)c1. The Kier molecular flexibility index (Phi) is 5.65. The molecule has 5 nitrogen and oxygen atoms in total. The maximum Gasteiger partial charge on any atom is 0.491 e. The molecule has 0 unspecified atom stereocenters. The van der Waals surface area contributed by atoms with Gasteiger partial charge in [0, 0.05) is 23.7 Å². The van der Waals surface area contributed by atoms with E-state index in [0.29, 0.717) is 29.1 Å². The number of hydrogen-bond acceptors (Lipinski definition) is 4. The number of nitrogens with zero attached hydrogens (tertiary/aromatic N) is 1. The molecule has 0 spiro atoms. The number of rotatable bonds is 5. The molecule has 7 heteroatoms. The highest BCUT2D eigenvalue weighted by atomic mass is 35.5. The van der Waals surface area contributed by atoms with Crippen LogP contribution in [0.3, 0.4) is 0 Å². The summed E-state index contributed by atoms with van der Waals surface area (Å²) < 4.78 is 5.66. The quantitative estimate of drug-likeness (QED) is 0.796. The summed E-state index contributed by atoms with van der Waals surface area (Å²) in [5.41, 5.74) is -1.01. The monoisotopic (exact) mass is 353 g/mol. The predicted octanol–water partition coefficient (Wildman–Crippen LogP) is 2.11. The lowest BCUT2D eigenvalue weighted by Gasteiger charge is -2.38. The van der Waals surface area contributed by atoms with Gasteiger partial charge in [0.25, 0.3) is 0 Å². The van der Waals surface area contributed by atoms with Gasteiger partial charge in [0.2, 0.25) is 5.91 Å². The fraction of sp³-hybridized carbons (Fsp3) is 0.588. The van der Waals surface area contributed by atoms with Crippen LogP contribution in [0.25, 0.3) is 0 Å². The summed E-state index contributed by atoms with van der Waals surface area (Å²) in [7, 11) is -1.26. The van der Waals surface area contributed by atoms with E-state index in [2.05, 4.69) is 0 Å². The van der Waals surface area contributed by atoms with Gasteiger partial charge in [0.05, 0.1) is 11.2 Å². The first-order valence-corrected chi connectivity index (χ1v) is 8.58. The highest BCUT2D eigenvalue weighted by molar-refractivity contribution is 6.60. The number of halogens is 1. The topological polar surface area (TPSA) is 70.0 Å². The molecule has 0 atom stereocenters. The maximum atomic E-state index is 12.1. The molecule has 0 bridgehead atoms. The van der Waals surface area contributed by atoms with Crippen molar-refractivity contribution in [2.24, 2.45) is 0 Å². The van der Waals surface area contributed by atoms with E-state index in [-0.39, 0.29) is 5.91 Å². The van der Waals surface area contributed by atoms with Crippen LogP contribution in [-0.4, -0.2) is 40.9 Å². The molecule has 132 valence electrons. The molecule has 0 aliphatic carbocycles. The molecule has 1 aliphatic rings. The molecule has 1 aliphatic heterocycles. The summed E-state index contributed by atoms with van der Waals surface area (Å²) in [6, 6.07) is 5.02. The molecule has 1 fully saturated rings. The third-order valence-corrected chi connectivity index (χ3v) is 4.92. The molecule has 0 saturated carbocycles. The second kappa shape index (κ2) is 7.04. The van der Waals surface area contributed by atoms with Crippen LogP contribution in [0.1, 0.15) is 47.0 Å². The fourth-order valence-corrected chi connectivity index (χ4v) is 2.70. The second-order valence-corrected chi connectivity index (χ2v) is 7.72. The number of hydrogen-bond donors (Lipinski definition) is 2. The number of carbonyl (C=O) groups is 1. The van der Waals surface area contributed by atoms with E-state index < -0.39 is 18.3 Å². The Morgan fingerprint density at radius 2 is 1.88 bits per heavy atom. The van der Waals surface area contributed by atoms with Crippen LogP contribution in [-0.2, 0) is 9.45 Å². The van der Waals surface area contributed by atoms with Gasteiger partial charge in [-0.25, -0.2) is 0 Å². The summed E-state index contributed by atoms with van der Waals surface area (Å²) >= 11 is 6.17. The summed E-state index contributed by atoms with van der Waals surface area (Å²) in [5, 5.41) is 21.0. The Balaban J connectivity index is 2.26. The van der Waals surface area contributed by atoms with Gasteiger partial charge in [-0.3, -0.25) is 4.79 Å². The average Bonchev–Trinajstić information content (AvgIpc) is 2.45. The number of aliphatic hydroxyl groups is 1. The Hall–Kier alpha value is -1.08. The van der Waals surface area contributed by atoms with Crippen molar-refractivity contribution >= 4 is 35.8 Å². The molecule has 1 heterocycles. The minimum atomic E-state index is -1.26. The molecule has 1 aromatic rings. The molecule has 0 radical (unpaired) electrons. The van der Waals surface area contributed by atoms with E-state index in [1.807, 2.05) is 0 Å². The lowest BCUT2D eigenvalue weighted by molar-refractivity contribution is -0.119. The third-order valence-electron chi connectivity index (χ3n) is 4.70. The predicted molar refractivity (Wildman–Crippen MR) is 96.7 cm³/mol. The first-order chi connectivity index (χ1) is 11.0. The van der Waals surface area contributed by atoms with Crippen LogP contribution in [0, 0.1) is 0 Å². The van der Waals surface area contributed by atoms with Gasteiger partial charge in [0.15, 0.2) is 0 Å². The van der Waals surface area contributed by atoms with E-state index in [4.69, 9.17) is 16.3 Å². The third kappa shape index (κ3) is 4.31. The van der Waals surface area contributed by atoms with Crippen molar-refractivity contribution in [1.29, 1.82) is 0 Å². The molecule has 1 amide bonds. The summed E-state index contributed by atoms with van der Waals surface area (Å²) in [4.78, 5) is 13.8. The van der Waals surface area contributed by atoms with Gasteiger partial charge in [-0.15, -0.1) is 0 Å². The molecular formula is C17H25BClNO4. The highest BCUT2D eigenvalue weighted by Crippen LogP contribution is 2.27. The van der Waals surface area contributed by atoms with Gasteiger partial charge in [0.1, 0.15) is 0 Å². The smallest absolute Gasteiger partial charge is 0.423 e. The van der Waals surface area contributed by atoms with Crippen molar-refractivity contribution in [3.63, 3.8) is 0 Å². The van der Waals surface area contributed by atoms with E-state index in [9.17, 15) is 14.9 Å². The van der Waals surface area contributed by atoms with Gasteiger partial charge >= 0.3 is 7.12 Å². The zero-order valence-corrected chi connectivity index (χ0v) is 15.4. The van der Waals surface area contributed by atoms with Crippen LogP contribution >= 0.6 is 11.6 Å². The van der Waals surface area contributed by atoms with Crippen LogP contribution in [0.2, 0.25) is 5.02 Å². The molecule has 1 aromatic carbocycles. The van der Waals surface area contributed by atoms with E-state index in [1.54, 1.807) is 50.8 Å². The Morgan fingerprint density at radius 3 is 2.46 bits per heavy atom. The number of anilines is 1. The van der Waals surface area contributed by atoms with Gasteiger partial charge in [-0.1, -0.05) is 11.6 Å². The van der Waals surface area contributed by atoms with Gasteiger partial charge in [-0.2, -0.15) is 0 Å². The Bertz CT molecular complexity index is 615. The Labute approximate surface area is 148 Å². The molecule has 24 heavy (non-hydrogen) atoms. The minimum absolute atomic E-state index is 0.0571. The summed E-state index contributed by atoms with van der Waals surface area (Å²) in [6.45, 7) is 7.29. The van der Waals surface area contributed by atoms with Gasteiger partial charge in [-0.05, 0) is 64.2 Å². The molecular weight excluding hydrogens is 328 g/mol. The molecule has 0 aromatic heterocycles. The number of benzene rings is 1. The number of piperidine rings is 1. The average molecular weight is 354 g/mol. The molecule has 2 N–H and O–H groups in total. The zero-order valence-electron chi connectivity index (χ0n) is 14.7. The van der Waals surface area contributed by atoms with Crippen LogP contribution in [0.15, 0.2) is 18.2 Å². The van der Waals surface area contributed by atoms with Crippen molar-refractivity contribution in [3.05, 3.63) is 23.2 Å². The normalized spacial score (nSPS) is 16.5. The van der Waals surface area contributed by atoms with Crippen molar-refractivity contribution in [2.45, 2.75) is 58.2 Å². The lowest BCUT2D eigenvalue weighted by Crippen LogP contribution is -2.53. The van der Waals surface area contributed by atoms with E-state index in [0.717, 1.165) is 12.8 Å². The first kappa shape index (κ1) is 19.3. The van der Waals surface area contributed by atoms with Crippen LogP contribution in [0.5, 0.6) is 0 Å². The van der Waals surface area contributed by atoms with Crippen LogP contribution in [0.4, 0.5) is 5.69 Å². The highest BCUT2D eigenvalue weighted by Gasteiger charge is 2.39. The van der Waals surface area contributed by atoms with E-state index >= 15 is 0 Å². The standard InChI is InChI=1S/C17H25BClNO4/c1-16(2,22)17(3,4)24-18(23)12-9-13(19)11-14(10-12)20-8-6-5-7-15(20)21/h9-11,22-23H,5-8H2,1-4H3. The Morgan fingerprint density at radius 1 is 1.21 bits per heavy atom. The van der Waals surface area contributed by atoms with Crippen molar-refractivity contribution in [1.82, 2.24) is 0 Å². The van der Waals surface area contributed by atoms with Gasteiger partial charge < -0.3 is 19.7 Å². The summed E-state index contributed by atoms with van der Waals surface area (Å²) in [6.07, 6.45) is 2.36. The second-order valence-electron chi connectivity index (χ2n) is 7.28. The van der Waals surface area contributed by atoms with Crippen molar-refractivity contribution in [2.75, 3.05) is 11.4 Å². The zero-order chi connectivity index (χ0) is 18.1. The molecule has 2 rings (SSSR count). The van der Waals surface area contributed by atoms with Crippen LogP contribution < -0.4 is 10.4 Å².